The van der Waals surface area contributed by atoms with E-state index in [0.29, 0.717) is 13.1 Å². The number of hydrogen-bond donors (Lipinski definition) is 2. The number of rotatable bonds is 4. The molecule has 1 aliphatic rings. The van der Waals surface area contributed by atoms with E-state index < -0.39 is 0 Å². The lowest BCUT2D eigenvalue weighted by atomic mass is 10.1. The average Bonchev–Trinajstić information content (AvgIpc) is 3.06. The molecule has 1 aliphatic heterocycles. The normalized spacial score (nSPS) is 19.6. The lowest BCUT2D eigenvalue weighted by Gasteiger charge is -2.14. The highest BCUT2D eigenvalue weighted by molar-refractivity contribution is 7.16. The molecule has 0 radical (unpaired) electrons. The number of primary amides is 1. The Balaban J connectivity index is 1.79. The van der Waals surface area contributed by atoms with Gasteiger partial charge in [0.1, 0.15) is 16.5 Å². The van der Waals surface area contributed by atoms with Crippen LogP contribution in [-0.4, -0.2) is 40.9 Å². The van der Waals surface area contributed by atoms with Gasteiger partial charge in [0.2, 0.25) is 5.91 Å². The average molecular weight is 291 g/mol. The summed E-state index contributed by atoms with van der Waals surface area (Å²) in [4.78, 5) is 23.5. The van der Waals surface area contributed by atoms with E-state index in [-0.39, 0.29) is 11.8 Å². The molecule has 106 valence electrons. The smallest absolute Gasteiger partial charge is 0.221 e. The summed E-state index contributed by atoms with van der Waals surface area (Å²) in [6, 6.07) is 2.02. The van der Waals surface area contributed by atoms with E-state index >= 15 is 0 Å². The maximum atomic E-state index is 11.2. The second-order valence-electron chi connectivity index (χ2n) is 5.00. The topological polar surface area (TPSA) is 84.1 Å². The van der Waals surface area contributed by atoms with E-state index in [1.165, 1.54) is 0 Å². The first-order chi connectivity index (χ1) is 9.67. The van der Waals surface area contributed by atoms with Crippen molar-refractivity contribution in [3.8, 4) is 0 Å². The minimum absolute atomic E-state index is 0.0377. The van der Waals surface area contributed by atoms with Crippen LogP contribution in [0, 0.1) is 5.92 Å². The number of carbonyl (C=O) groups is 1. The summed E-state index contributed by atoms with van der Waals surface area (Å²) < 4.78 is 0. The Bertz CT molecular complexity index is 641. The predicted octanol–water partition coefficient (Wildman–Crippen LogP) is 1.04. The third-order valence-corrected chi connectivity index (χ3v) is 4.45. The maximum Gasteiger partial charge on any atom is 0.221 e. The number of likely N-dealkylation sites (tertiary alicyclic amines) is 1. The van der Waals surface area contributed by atoms with Gasteiger partial charge >= 0.3 is 0 Å². The van der Waals surface area contributed by atoms with Gasteiger partial charge in [0.25, 0.3) is 0 Å². The minimum atomic E-state index is -0.210. The van der Waals surface area contributed by atoms with Gasteiger partial charge < -0.3 is 11.1 Å². The van der Waals surface area contributed by atoms with Gasteiger partial charge in [-0.1, -0.05) is 0 Å². The number of anilines is 1. The molecule has 1 atom stereocenters. The summed E-state index contributed by atoms with van der Waals surface area (Å²) in [6.45, 7) is 2.23. The van der Waals surface area contributed by atoms with Crippen LogP contribution in [0.4, 0.5) is 5.82 Å². The third-order valence-electron chi connectivity index (χ3n) is 3.65. The van der Waals surface area contributed by atoms with E-state index in [4.69, 9.17) is 5.73 Å². The van der Waals surface area contributed by atoms with Crippen molar-refractivity contribution in [1.82, 2.24) is 14.9 Å². The van der Waals surface area contributed by atoms with Gasteiger partial charge in [0.15, 0.2) is 0 Å². The number of thiophene rings is 1. The largest absolute Gasteiger partial charge is 0.372 e. The SMILES string of the molecule is CNc1nc(CN2CCC(C(N)=O)C2)nc2sccc12. The van der Waals surface area contributed by atoms with Crippen LogP contribution in [0.1, 0.15) is 12.2 Å². The summed E-state index contributed by atoms with van der Waals surface area (Å²) >= 11 is 1.61. The quantitative estimate of drug-likeness (QED) is 0.879. The zero-order valence-corrected chi connectivity index (χ0v) is 12.1. The van der Waals surface area contributed by atoms with Crippen LogP contribution < -0.4 is 11.1 Å². The van der Waals surface area contributed by atoms with Crippen LogP contribution in [0.2, 0.25) is 0 Å². The molecule has 0 bridgehead atoms. The fourth-order valence-corrected chi connectivity index (χ4v) is 3.35. The zero-order valence-electron chi connectivity index (χ0n) is 11.3. The molecule has 1 fully saturated rings. The third kappa shape index (κ3) is 2.46. The summed E-state index contributed by atoms with van der Waals surface area (Å²) in [6.07, 6.45) is 0.829. The molecule has 1 amide bonds. The van der Waals surface area contributed by atoms with E-state index in [1.807, 2.05) is 18.5 Å². The number of nitrogens with zero attached hydrogens (tertiary/aromatic N) is 3. The molecule has 3 N–H and O–H groups in total. The van der Waals surface area contributed by atoms with E-state index in [9.17, 15) is 4.79 Å². The molecule has 2 aromatic heterocycles. The Morgan fingerprint density at radius 2 is 2.45 bits per heavy atom. The lowest BCUT2D eigenvalue weighted by Crippen LogP contribution is -2.27. The molecule has 3 heterocycles. The van der Waals surface area contributed by atoms with Gasteiger partial charge in [-0.15, -0.1) is 11.3 Å². The molecule has 7 heteroatoms. The molecule has 0 aromatic carbocycles. The van der Waals surface area contributed by atoms with Crippen molar-refractivity contribution in [3.63, 3.8) is 0 Å². The molecule has 3 rings (SSSR count). The molecule has 6 nitrogen and oxygen atoms in total. The van der Waals surface area contributed by atoms with Crippen LogP contribution in [0.15, 0.2) is 11.4 Å². The number of nitrogens with two attached hydrogens (primary N) is 1. The van der Waals surface area contributed by atoms with Gasteiger partial charge in [-0.05, 0) is 24.4 Å². The second-order valence-corrected chi connectivity index (χ2v) is 5.90. The zero-order chi connectivity index (χ0) is 14.1. The van der Waals surface area contributed by atoms with Crippen molar-refractivity contribution < 1.29 is 4.79 Å². The number of aromatic nitrogens is 2. The lowest BCUT2D eigenvalue weighted by molar-refractivity contribution is -0.121. The fourth-order valence-electron chi connectivity index (χ4n) is 2.57. The Kier molecular flexibility index (Phi) is 3.54. The number of nitrogens with one attached hydrogen (secondary N) is 1. The Hall–Kier alpha value is -1.73. The number of amides is 1. The molecule has 1 saturated heterocycles. The Morgan fingerprint density at radius 1 is 1.60 bits per heavy atom. The summed E-state index contributed by atoms with van der Waals surface area (Å²) in [5.74, 6) is 1.40. The van der Waals surface area contributed by atoms with Gasteiger partial charge in [-0.25, -0.2) is 9.97 Å². The molecular weight excluding hydrogens is 274 g/mol. The van der Waals surface area contributed by atoms with Gasteiger partial charge in [-0.3, -0.25) is 9.69 Å². The molecule has 0 saturated carbocycles. The van der Waals surface area contributed by atoms with Crippen LogP contribution in [0.5, 0.6) is 0 Å². The number of hydrogen-bond acceptors (Lipinski definition) is 6. The molecule has 0 aliphatic carbocycles. The highest BCUT2D eigenvalue weighted by atomic mass is 32.1. The number of carbonyl (C=O) groups excluding carboxylic acids is 1. The van der Waals surface area contributed by atoms with Crippen molar-refractivity contribution >= 4 is 33.3 Å². The van der Waals surface area contributed by atoms with Crippen LogP contribution in [0.3, 0.4) is 0 Å². The minimum Gasteiger partial charge on any atom is -0.372 e. The van der Waals surface area contributed by atoms with Crippen molar-refractivity contribution in [3.05, 3.63) is 17.3 Å². The van der Waals surface area contributed by atoms with Gasteiger partial charge in [0.05, 0.1) is 17.8 Å². The summed E-state index contributed by atoms with van der Waals surface area (Å²) in [5.41, 5.74) is 5.35. The van der Waals surface area contributed by atoms with Crippen molar-refractivity contribution in [1.29, 1.82) is 0 Å². The highest BCUT2D eigenvalue weighted by Crippen LogP contribution is 2.25. The van der Waals surface area contributed by atoms with Gasteiger partial charge in [0, 0.05) is 13.6 Å². The highest BCUT2D eigenvalue weighted by Gasteiger charge is 2.27. The molecule has 2 aromatic rings. The van der Waals surface area contributed by atoms with Crippen LogP contribution >= 0.6 is 11.3 Å². The van der Waals surface area contributed by atoms with Crippen molar-refractivity contribution in [2.75, 3.05) is 25.5 Å². The van der Waals surface area contributed by atoms with E-state index in [2.05, 4.69) is 20.2 Å². The number of fused-ring (bicyclic) bond motifs is 1. The standard InChI is InChI=1S/C13H17N5OS/c1-15-12-9-3-5-20-13(9)17-10(16-12)7-18-4-2-8(6-18)11(14)19/h3,5,8H,2,4,6-7H2,1H3,(H2,14,19)(H,15,16,17). The summed E-state index contributed by atoms with van der Waals surface area (Å²) in [5, 5.41) is 6.18. The summed E-state index contributed by atoms with van der Waals surface area (Å²) in [7, 11) is 1.86. The molecular formula is C13H17N5OS. The first kappa shape index (κ1) is 13.3. The van der Waals surface area contributed by atoms with E-state index in [0.717, 1.165) is 34.8 Å². The van der Waals surface area contributed by atoms with Crippen molar-refractivity contribution in [2.45, 2.75) is 13.0 Å². The molecule has 20 heavy (non-hydrogen) atoms. The molecule has 0 spiro atoms. The fraction of sp³-hybridized carbons (Fsp3) is 0.462. The maximum absolute atomic E-state index is 11.2. The molecule has 1 unspecified atom stereocenters. The predicted molar refractivity (Wildman–Crippen MR) is 79.5 cm³/mol. The van der Waals surface area contributed by atoms with Crippen molar-refractivity contribution in [2.24, 2.45) is 11.7 Å². The van der Waals surface area contributed by atoms with Crippen LogP contribution in [-0.2, 0) is 11.3 Å². The first-order valence-corrected chi connectivity index (χ1v) is 7.49. The Labute approximate surface area is 121 Å². The first-order valence-electron chi connectivity index (χ1n) is 6.61. The van der Waals surface area contributed by atoms with Gasteiger partial charge in [-0.2, -0.15) is 0 Å². The monoisotopic (exact) mass is 291 g/mol. The van der Waals surface area contributed by atoms with Crippen LogP contribution in [0.25, 0.3) is 10.2 Å². The second kappa shape index (κ2) is 5.34. The Morgan fingerprint density at radius 3 is 3.15 bits per heavy atom. The van der Waals surface area contributed by atoms with E-state index in [1.54, 1.807) is 11.3 Å².